The van der Waals surface area contributed by atoms with Crippen LogP contribution in [0, 0.1) is 0 Å². The van der Waals surface area contributed by atoms with Crippen LogP contribution in [0.4, 0.5) is 0 Å². The van der Waals surface area contributed by atoms with Crippen molar-refractivity contribution in [3.05, 3.63) is 29.8 Å². The van der Waals surface area contributed by atoms with Gasteiger partial charge < -0.3 is 15.0 Å². The Morgan fingerprint density at radius 3 is 2.90 bits per heavy atom. The third-order valence-electron chi connectivity index (χ3n) is 4.30. The molecule has 2 aliphatic heterocycles. The van der Waals surface area contributed by atoms with Gasteiger partial charge in [0.25, 0.3) is 0 Å². The van der Waals surface area contributed by atoms with Crippen LogP contribution in [0.5, 0.6) is 5.75 Å². The van der Waals surface area contributed by atoms with Gasteiger partial charge in [0.2, 0.25) is 5.91 Å². The third-order valence-corrected chi connectivity index (χ3v) is 4.30. The number of ether oxygens (including phenoxy) is 1. The van der Waals surface area contributed by atoms with Gasteiger partial charge in [-0.2, -0.15) is 0 Å². The van der Waals surface area contributed by atoms with Crippen molar-refractivity contribution in [2.75, 3.05) is 19.7 Å². The largest absolute Gasteiger partial charge is 0.493 e. The third kappa shape index (κ3) is 3.16. The van der Waals surface area contributed by atoms with Crippen molar-refractivity contribution in [1.29, 1.82) is 0 Å². The predicted octanol–water partition coefficient (Wildman–Crippen LogP) is 2.18. The van der Waals surface area contributed by atoms with E-state index in [1.54, 1.807) is 0 Å². The number of rotatable bonds is 1. The fourth-order valence-corrected chi connectivity index (χ4v) is 3.13. The van der Waals surface area contributed by atoms with Crippen LogP contribution >= 0.6 is 12.4 Å². The maximum absolute atomic E-state index is 12.9. The van der Waals surface area contributed by atoms with Crippen molar-refractivity contribution in [2.24, 2.45) is 0 Å². The van der Waals surface area contributed by atoms with Crippen molar-refractivity contribution in [1.82, 2.24) is 10.2 Å². The molecule has 21 heavy (non-hydrogen) atoms. The zero-order valence-electron chi connectivity index (χ0n) is 12.5. The summed E-state index contributed by atoms with van der Waals surface area (Å²) in [5.41, 5.74) is 1.04. The molecule has 1 aromatic rings. The van der Waals surface area contributed by atoms with Crippen LogP contribution in [0.25, 0.3) is 0 Å². The maximum Gasteiger partial charge on any atom is 0.230 e. The van der Waals surface area contributed by atoms with Crippen LogP contribution in [0.1, 0.15) is 31.7 Å². The molecule has 2 aliphatic rings. The molecule has 2 heterocycles. The van der Waals surface area contributed by atoms with Crippen LogP contribution in [0.15, 0.2) is 24.3 Å². The summed E-state index contributed by atoms with van der Waals surface area (Å²) in [6, 6.07) is 8.55. The molecule has 1 aromatic carbocycles. The summed E-state index contributed by atoms with van der Waals surface area (Å²) >= 11 is 0. The predicted molar refractivity (Wildman–Crippen MR) is 85.2 cm³/mol. The van der Waals surface area contributed by atoms with Gasteiger partial charge in [-0.25, -0.2) is 0 Å². The quantitative estimate of drug-likeness (QED) is 0.864. The van der Waals surface area contributed by atoms with E-state index in [0.29, 0.717) is 12.6 Å². The summed E-state index contributed by atoms with van der Waals surface area (Å²) in [7, 11) is 0. The molecular formula is C16H23ClN2O2. The molecular weight excluding hydrogens is 288 g/mol. The number of hydrogen-bond acceptors (Lipinski definition) is 3. The molecule has 1 amide bonds. The topological polar surface area (TPSA) is 41.6 Å². The van der Waals surface area contributed by atoms with Crippen molar-refractivity contribution in [3.63, 3.8) is 0 Å². The summed E-state index contributed by atoms with van der Waals surface area (Å²) < 4.78 is 5.66. The second-order valence-electron chi connectivity index (χ2n) is 5.88. The smallest absolute Gasteiger partial charge is 0.230 e. The maximum atomic E-state index is 12.9. The van der Waals surface area contributed by atoms with Crippen LogP contribution < -0.4 is 10.1 Å². The monoisotopic (exact) mass is 310 g/mol. The lowest BCUT2D eigenvalue weighted by Crippen LogP contribution is -2.57. The first-order valence-electron chi connectivity index (χ1n) is 7.42. The number of hydrogen-bond donors (Lipinski definition) is 1. The zero-order chi connectivity index (χ0) is 14.1. The first-order valence-corrected chi connectivity index (χ1v) is 7.42. The average molecular weight is 311 g/mol. The fraction of sp³-hybridized carbons (Fsp3) is 0.562. The Balaban J connectivity index is 0.00000161. The molecule has 0 radical (unpaired) electrons. The molecule has 3 unspecified atom stereocenters. The van der Waals surface area contributed by atoms with E-state index < -0.39 is 0 Å². The highest BCUT2D eigenvalue weighted by molar-refractivity contribution is 5.85. The number of para-hydroxylation sites is 1. The summed E-state index contributed by atoms with van der Waals surface area (Å²) in [5.74, 6) is 1.07. The molecule has 116 valence electrons. The van der Waals surface area contributed by atoms with Gasteiger partial charge in [0.1, 0.15) is 5.75 Å². The van der Waals surface area contributed by atoms with E-state index in [4.69, 9.17) is 4.74 Å². The van der Waals surface area contributed by atoms with Crippen molar-refractivity contribution in [2.45, 2.75) is 38.3 Å². The zero-order valence-corrected chi connectivity index (χ0v) is 13.4. The molecule has 1 saturated heterocycles. The van der Waals surface area contributed by atoms with Crippen LogP contribution in [-0.2, 0) is 4.79 Å². The van der Waals surface area contributed by atoms with E-state index in [1.807, 2.05) is 29.2 Å². The molecule has 0 aliphatic carbocycles. The molecule has 0 spiro atoms. The molecule has 0 aromatic heterocycles. The first kappa shape index (κ1) is 16.1. The lowest BCUT2D eigenvalue weighted by atomic mass is 9.91. The molecule has 1 fully saturated rings. The van der Waals surface area contributed by atoms with E-state index >= 15 is 0 Å². The van der Waals surface area contributed by atoms with Crippen LogP contribution in [0.2, 0.25) is 0 Å². The molecule has 5 heteroatoms. The minimum Gasteiger partial charge on any atom is -0.493 e. The Kier molecular flexibility index (Phi) is 5.12. The summed E-state index contributed by atoms with van der Waals surface area (Å²) in [6.45, 7) is 6.53. The van der Waals surface area contributed by atoms with Gasteiger partial charge in [0.15, 0.2) is 0 Å². The lowest BCUT2D eigenvalue weighted by Gasteiger charge is -2.40. The molecule has 4 nitrogen and oxygen atoms in total. The van der Waals surface area contributed by atoms with Gasteiger partial charge >= 0.3 is 0 Å². The summed E-state index contributed by atoms with van der Waals surface area (Å²) in [6.07, 6.45) is 0.779. The second-order valence-corrected chi connectivity index (χ2v) is 5.88. The van der Waals surface area contributed by atoms with Gasteiger partial charge in [-0.15, -0.1) is 12.4 Å². The second kappa shape index (κ2) is 6.67. The molecule has 1 N–H and O–H groups in total. The average Bonchev–Trinajstić information content (AvgIpc) is 2.48. The molecule has 0 saturated carbocycles. The number of carbonyl (C=O) groups excluding carboxylic acids is 1. The number of nitrogens with zero attached hydrogens (tertiary/aromatic N) is 1. The Hall–Kier alpha value is -1.26. The number of nitrogens with one attached hydrogen (secondary N) is 1. The number of carbonyl (C=O) groups is 1. The number of benzene rings is 1. The number of amides is 1. The Bertz CT molecular complexity index is 509. The number of piperazine rings is 1. The standard InChI is InChI=1S/C16H22N2O2.ClH/c1-11-10-18(12(2)9-17-11)16(19)14-7-8-20-15-6-4-3-5-13(14)15;/h3-6,11-12,14,17H,7-10H2,1-2H3;1H. The number of fused-ring (bicyclic) bond motifs is 1. The number of halogens is 1. The Morgan fingerprint density at radius 1 is 1.33 bits per heavy atom. The van der Waals surface area contributed by atoms with Gasteiger partial charge in [-0.05, 0) is 26.3 Å². The lowest BCUT2D eigenvalue weighted by molar-refractivity contribution is -0.137. The highest BCUT2D eigenvalue weighted by Crippen LogP contribution is 2.35. The van der Waals surface area contributed by atoms with Crippen molar-refractivity contribution < 1.29 is 9.53 Å². The van der Waals surface area contributed by atoms with E-state index in [2.05, 4.69) is 19.2 Å². The Morgan fingerprint density at radius 2 is 2.10 bits per heavy atom. The Labute approximate surface area is 132 Å². The highest BCUT2D eigenvalue weighted by atomic mass is 35.5. The van der Waals surface area contributed by atoms with Crippen LogP contribution in [0.3, 0.4) is 0 Å². The van der Waals surface area contributed by atoms with E-state index in [-0.39, 0.29) is 30.3 Å². The fourth-order valence-electron chi connectivity index (χ4n) is 3.13. The molecule has 3 atom stereocenters. The SMILES string of the molecule is CC1CN(C(=O)C2CCOc3ccccc32)C(C)CN1.Cl. The van der Waals surface area contributed by atoms with Gasteiger partial charge in [0.05, 0.1) is 12.5 Å². The minimum absolute atomic E-state index is 0. The van der Waals surface area contributed by atoms with Crippen LogP contribution in [-0.4, -0.2) is 42.6 Å². The van der Waals surface area contributed by atoms with E-state index in [9.17, 15) is 4.79 Å². The van der Waals surface area contributed by atoms with Gasteiger partial charge in [0, 0.05) is 30.7 Å². The molecule has 0 bridgehead atoms. The van der Waals surface area contributed by atoms with Gasteiger partial charge in [-0.1, -0.05) is 18.2 Å². The van der Waals surface area contributed by atoms with Crippen molar-refractivity contribution in [3.8, 4) is 5.75 Å². The van der Waals surface area contributed by atoms with Crippen molar-refractivity contribution >= 4 is 18.3 Å². The van der Waals surface area contributed by atoms with E-state index in [1.165, 1.54) is 0 Å². The summed E-state index contributed by atoms with van der Waals surface area (Å²) in [4.78, 5) is 15.0. The molecule has 3 rings (SSSR count). The normalized spacial score (nSPS) is 28.1. The minimum atomic E-state index is -0.0484. The first-order chi connectivity index (χ1) is 9.66. The van der Waals surface area contributed by atoms with E-state index in [0.717, 1.165) is 30.8 Å². The highest BCUT2D eigenvalue weighted by Gasteiger charge is 2.34. The summed E-state index contributed by atoms with van der Waals surface area (Å²) in [5, 5.41) is 3.42. The van der Waals surface area contributed by atoms with Gasteiger partial charge in [-0.3, -0.25) is 4.79 Å².